The molecule has 108 valence electrons. The zero-order valence-corrected chi connectivity index (χ0v) is 13.0. The maximum atomic E-state index is 11.6. The Bertz CT molecular complexity index is 541. The summed E-state index contributed by atoms with van der Waals surface area (Å²) in [6, 6.07) is 3.01. The van der Waals surface area contributed by atoms with Crippen molar-refractivity contribution >= 4 is 33.0 Å². The van der Waals surface area contributed by atoms with Crippen LogP contribution < -0.4 is 4.74 Å². The monoisotopic (exact) mass is 326 g/mol. The molecule has 0 spiro atoms. The summed E-state index contributed by atoms with van der Waals surface area (Å²) < 4.78 is 28.6. The summed E-state index contributed by atoms with van der Waals surface area (Å²) in [5, 5.41) is 9.38. The van der Waals surface area contributed by atoms with E-state index in [1.165, 1.54) is 12.1 Å². The minimum absolute atomic E-state index is 0.0190. The molecule has 0 unspecified atom stereocenters. The van der Waals surface area contributed by atoms with Crippen LogP contribution in [0.3, 0.4) is 0 Å². The lowest BCUT2D eigenvalue weighted by atomic mass is 10.2. The van der Waals surface area contributed by atoms with Crippen LogP contribution in [0.2, 0.25) is 10.0 Å². The van der Waals surface area contributed by atoms with E-state index in [-0.39, 0.29) is 29.7 Å². The Kier molecular flexibility index (Phi) is 5.92. The Morgan fingerprint density at radius 1 is 1.32 bits per heavy atom. The van der Waals surface area contributed by atoms with Crippen molar-refractivity contribution in [2.45, 2.75) is 25.7 Å². The maximum absolute atomic E-state index is 11.6. The number of ether oxygens (including phenoxy) is 1. The van der Waals surface area contributed by atoms with E-state index in [1.54, 1.807) is 13.8 Å². The summed E-state index contributed by atoms with van der Waals surface area (Å²) in [4.78, 5) is 0. The van der Waals surface area contributed by atoms with Gasteiger partial charge in [0.25, 0.3) is 0 Å². The van der Waals surface area contributed by atoms with Gasteiger partial charge in [0.1, 0.15) is 12.4 Å². The first-order valence-electron chi connectivity index (χ1n) is 5.71. The molecule has 0 aliphatic heterocycles. The molecule has 1 aromatic rings. The van der Waals surface area contributed by atoms with Crippen LogP contribution in [0.1, 0.15) is 19.4 Å². The zero-order chi connectivity index (χ0) is 14.6. The number of benzene rings is 1. The predicted molar refractivity (Wildman–Crippen MR) is 76.8 cm³/mol. The van der Waals surface area contributed by atoms with Crippen LogP contribution in [-0.4, -0.2) is 31.1 Å². The number of hydrogen-bond acceptors (Lipinski definition) is 4. The van der Waals surface area contributed by atoms with E-state index in [0.29, 0.717) is 10.6 Å². The van der Waals surface area contributed by atoms with Gasteiger partial charge < -0.3 is 9.84 Å². The van der Waals surface area contributed by atoms with Crippen LogP contribution in [0, 0.1) is 0 Å². The molecule has 4 nitrogen and oxygen atoms in total. The van der Waals surface area contributed by atoms with E-state index in [2.05, 4.69) is 0 Å². The first-order valence-corrected chi connectivity index (χ1v) is 8.18. The molecule has 0 atom stereocenters. The van der Waals surface area contributed by atoms with Gasteiger partial charge in [-0.05, 0) is 26.0 Å². The number of hydrogen-bond donors (Lipinski definition) is 1. The molecule has 0 amide bonds. The van der Waals surface area contributed by atoms with E-state index >= 15 is 0 Å². The fraction of sp³-hybridized carbons (Fsp3) is 0.500. The molecule has 0 saturated carbocycles. The summed E-state index contributed by atoms with van der Waals surface area (Å²) in [5.74, 6) is 0.168. The Hall–Kier alpha value is -0.490. The fourth-order valence-electron chi connectivity index (χ4n) is 1.39. The summed E-state index contributed by atoms with van der Waals surface area (Å²) in [6.45, 7) is 2.93. The SMILES string of the molecule is CC(C)S(=O)(=O)CCOc1c(Cl)cc(Cl)cc1CO. The van der Waals surface area contributed by atoms with Gasteiger partial charge in [0.2, 0.25) is 0 Å². The van der Waals surface area contributed by atoms with Crippen LogP contribution in [0.25, 0.3) is 0 Å². The molecule has 7 heteroatoms. The van der Waals surface area contributed by atoms with Crippen LogP contribution in [0.4, 0.5) is 0 Å². The molecule has 0 heterocycles. The van der Waals surface area contributed by atoms with E-state index in [0.717, 1.165) is 0 Å². The highest BCUT2D eigenvalue weighted by Gasteiger charge is 2.17. The third-order valence-electron chi connectivity index (χ3n) is 2.59. The molecule has 1 N–H and O–H groups in total. The minimum Gasteiger partial charge on any atom is -0.491 e. The van der Waals surface area contributed by atoms with Crippen LogP contribution in [0.5, 0.6) is 5.75 Å². The molecule has 0 saturated heterocycles. The summed E-state index contributed by atoms with van der Waals surface area (Å²) in [7, 11) is -3.17. The van der Waals surface area contributed by atoms with Gasteiger partial charge in [0, 0.05) is 10.6 Å². The van der Waals surface area contributed by atoms with Gasteiger partial charge >= 0.3 is 0 Å². The second-order valence-electron chi connectivity index (χ2n) is 4.30. The van der Waals surface area contributed by atoms with Gasteiger partial charge in [0.15, 0.2) is 9.84 Å². The van der Waals surface area contributed by atoms with Gasteiger partial charge in [-0.3, -0.25) is 0 Å². The molecule has 0 aliphatic carbocycles. The number of aliphatic hydroxyl groups is 1. The van der Waals surface area contributed by atoms with Gasteiger partial charge in [-0.25, -0.2) is 8.42 Å². The molecule has 0 bridgehead atoms. The van der Waals surface area contributed by atoms with Crippen molar-refractivity contribution in [2.75, 3.05) is 12.4 Å². The highest BCUT2D eigenvalue weighted by molar-refractivity contribution is 7.91. The van der Waals surface area contributed by atoms with Crippen molar-refractivity contribution in [3.8, 4) is 5.75 Å². The number of aliphatic hydroxyl groups excluding tert-OH is 1. The van der Waals surface area contributed by atoms with Gasteiger partial charge in [-0.2, -0.15) is 0 Å². The standard InChI is InChI=1S/C12H16Cl2O4S/c1-8(2)19(16,17)4-3-18-12-9(7-15)5-10(13)6-11(12)14/h5-6,8,15H,3-4,7H2,1-2H3. The third-order valence-corrected chi connectivity index (χ3v) is 5.26. The summed E-state index contributed by atoms with van der Waals surface area (Å²) in [6.07, 6.45) is 0. The third kappa shape index (κ3) is 4.53. The summed E-state index contributed by atoms with van der Waals surface area (Å²) in [5.41, 5.74) is 0.430. The fourth-order valence-corrected chi connectivity index (χ4v) is 2.77. The lowest BCUT2D eigenvalue weighted by Gasteiger charge is -2.13. The molecule has 0 aromatic heterocycles. The normalized spacial score (nSPS) is 11.9. The van der Waals surface area contributed by atoms with Crippen molar-refractivity contribution in [1.29, 1.82) is 0 Å². The Balaban J connectivity index is 2.79. The van der Waals surface area contributed by atoms with E-state index in [4.69, 9.17) is 27.9 Å². The largest absolute Gasteiger partial charge is 0.491 e. The quantitative estimate of drug-likeness (QED) is 0.872. The van der Waals surface area contributed by atoms with E-state index in [9.17, 15) is 13.5 Å². The maximum Gasteiger partial charge on any atom is 0.155 e. The average Bonchev–Trinajstić information content (AvgIpc) is 2.30. The summed E-state index contributed by atoms with van der Waals surface area (Å²) >= 11 is 11.8. The molecule has 0 fully saturated rings. The molecule has 19 heavy (non-hydrogen) atoms. The van der Waals surface area contributed by atoms with Crippen molar-refractivity contribution < 1.29 is 18.3 Å². The predicted octanol–water partition coefficient (Wildman–Crippen LogP) is 2.69. The lowest BCUT2D eigenvalue weighted by molar-refractivity contribution is 0.267. The smallest absolute Gasteiger partial charge is 0.155 e. The topological polar surface area (TPSA) is 63.6 Å². The molecule has 1 rings (SSSR count). The Morgan fingerprint density at radius 2 is 1.95 bits per heavy atom. The van der Waals surface area contributed by atoms with Crippen molar-refractivity contribution in [3.63, 3.8) is 0 Å². The van der Waals surface area contributed by atoms with Gasteiger partial charge in [-0.1, -0.05) is 23.2 Å². The van der Waals surface area contributed by atoms with Gasteiger partial charge in [-0.15, -0.1) is 0 Å². The van der Waals surface area contributed by atoms with Crippen molar-refractivity contribution in [1.82, 2.24) is 0 Å². The highest BCUT2D eigenvalue weighted by atomic mass is 35.5. The zero-order valence-electron chi connectivity index (χ0n) is 10.7. The Morgan fingerprint density at radius 3 is 2.47 bits per heavy atom. The number of sulfone groups is 1. The Labute approximate surface area is 123 Å². The molecule has 0 radical (unpaired) electrons. The number of rotatable bonds is 6. The van der Waals surface area contributed by atoms with Crippen LogP contribution in [0.15, 0.2) is 12.1 Å². The van der Waals surface area contributed by atoms with Crippen molar-refractivity contribution in [2.24, 2.45) is 0 Å². The van der Waals surface area contributed by atoms with E-state index in [1.807, 2.05) is 0 Å². The molecule has 0 aliphatic rings. The minimum atomic E-state index is -3.17. The van der Waals surface area contributed by atoms with Crippen LogP contribution >= 0.6 is 23.2 Å². The molecular weight excluding hydrogens is 311 g/mol. The second-order valence-corrected chi connectivity index (χ2v) is 7.82. The molecule has 1 aromatic carbocycles. The second kappa shape index (κ2) is 6.79. The van der Waals surface area contributed by atoms with Crippen molar-refractivity contribution in [3.05, 3.63) is 27.7 Å². The van der Waals surface area contributed by atoms with Crippen LogP contribution in [-0.2, 0) is 16.4 Å². The average molecular weight is 327 g/mol. The number of halogens is 2. The molecular formula is C12H16Cl2O4S. The van der Waals surface area contributed by atoms with E-state index < -0.39 is 15.1 Å². The lowest BCUT2D eigenvalue weighted by Crippen LogP contribution is -2.22. The first-order chi connectivity index (χ1) is 8.77. The van der Waals surface area contributed by atoms with Gasteiger partial charge in [0.05, 0.1) is 22.6 Å². The highest BCUT2D eigenvalue weighted by Crippen LogP contribution is 2.32. The first kappa shape index (κ1) is 16.6.